The van der Waals surface area contributed by atoms with Crippen LogP contribution in [0.1, 0.15) is 51.9 Å². The van der Waals surface area contributed by atoms with E-state index in [-0.39, 0.29) is 24.7 Å². The third-order valence-electron chi connectivity index (χ3n) is 3.46. The van der Waals surface area contributed by atoms with Crippen molar-refractivity contribution in [2.24, 2.45) is 0 Å². The number of hydrogen-bond acceptors (Lipinski definition) is 3. The van der Waals surface area contributed by atoms with Gasteiger partial charge in [-0.2, -0.15) is 0 Å². The predicted molar refractivity (Wildman–Crippen MR) is 74.1 cm³/mol. The summed E-state index contributed by atoms with van der Waals surface area (Å²) in [6, 6.07) is -0.500. The van der Waals surface area contributed by atoms with Gasteiger partial charge in [0.1, 0.15) is 6.04 Å². The highest BCUT2D eigenvalue weighted by Crippen LogP contribution is 2.10. The zero-order valence-corrected chi connectivity index (χ0v) is 12.1. The second-order valence-corrected chi connectivity index (χ2v) is 5.28. The van der Waals surface area contributed by atoms with E-state index in [0.29, 0.717) is 12.8 Å². The molecule has 0 radical (unpaired) electrons. The molecule has 0 bridgehead atoms. The van der Waals surface area contributed by atoms with Crippen LogP contribution in [-0.4, -0.2) is 46.9 Å². The normalized spacial score (nSPS) is 16.6. The number of rotatable bonds is 7. The maximum atomic E-state index is 12.1. The van der Waals surface area contributed by atoms with E-state index >= 15 is 0 Å². The van der Waals surface area contributed by atoms with Gasteiger partial charge in [0.2, 0.25) is 11.8 Å². The molecule has 0 aromatic rings. The smallest absolute Gasteiger partial charge is 0.303 e. The molecular weight excluding hydrogens is 260 g/mol. The zero-order chi connectivity index (χ0) is 15.0. The highest BCUT2D eigenvalue weighted by molar-refractivity contribution is 5.87. The summed E-state index contributed by atoms with van der Waals surface area (Å²) in [5.74, 6) is -1.06. The summed E-state index contributed by atoms with van der Waals surface area (Å²) in [6.45, 7) is 3.25. The fourth-order valence-corrected chi connectivity index (χ4v) is 2.33. The minimum absolute atomic E-state index is 0.0245. The first-order valence-corrected chi connectivity index (χ1v) is 7.30. The number of nitrogens with zero attached hydrogens (tertiary/aromatic N) is 1. The maximum Gasteiger partial charge on any atom is 0.303 e. The van der Waals surface area contributed by atoms with Gasteiger partial charge in [-0.1, -0.05) is 0 Å². The second kappa shape index (κ2) is 8.55. The van der Waals surface area contributed by atoms with Crippen LogP contribution in [0.15, 0.2) is 0 Å². The van der Waals surface area contributed by atoms with Gasteiger partial charge in [-0.05, 0) is 39.0 Å². The molecule has 1 aliphatic rings. The summed E-state index contributed by atoms with van der Waals surface area (Å²) in [5, 5.41) is 11.2. The third kappa shape index (κ3) is 6.04. The first-order valence-electron chi connectivity index (χ1n) is 7.30. The lowest BCUT2D eigenvalue weighted by atomic mass is 10.1. The molecule has 0 saturated carbocycles. The summed E-state index contributed by atoms with van der Waals surface area (Å²) in [4.78, 5) is 35.9. The lowest BCUT2D eigenvalue weighted by molar-refractivity contribution is -0.137. The molecule has 6 heteroatoms. The summed E-state index contributed by atoms with van der Waals surface area (Å²) in [7, 11) is 0. The second-order valence-electron chi connectivity index (χ2n) is 5.28. The van der Waals surface area contributed by atoms with Crippen molar-refractivity contribution in [1.29, 1.82) is 0 Å². The van der Waals surface area contributed by atoms with Crippen molar-refractivity contribution < 1.29 is 19.5 Å². The SMILES string of the molecule is CC(NC(=O)CCCCC(=O)O)C(=O)N1CCCCC1. The van der Waals surface area contributed by atoms with E-state index in [1.165, 1.54) is 0 Å². The monoisotopic (exact) mass is 284 g/mol. The Morgan fingerprint density at radius 2 is 1.70 bits per heavy atom. The summed E-state index contributed by atoms with van der Waals surface area (Å²) in [6.07, 6.45) is 4.58. The Bertz CT molecular complexity index is 351. The van der Waals surface area contributed by atoms with E-state index in [1.54, 1.807) is 11.8 Å². The lowest BCUT2D eigenvalue weighted by Crippen LogP contribution is -2.48. The zero-order valence-electron chi connectivity index (χ0n) is 12.1. The number of aliphatic carboxylic acids is 1. The van der Waals surface area contributed by atoms with Gasteiger partial charge in [0.05, 0.1) is 0 Å². The van der Waals surface area contributed by atoms with Crippen LogP contribution in [0, 0.1) is 0 Å². The molecule has 0 aromatic carbocycles. The van der Waals surface area contributed by atoms with Gasteiger partial charge in [-0.15, -0.1) is 0 Å². The molecule has 1 aliphatic heterocycles. The Balaban J connectivity index is 2.22. The maximum absolute atomic E-state index is 12.1. The standard InChI is InChI=1S/C14H24N2O4/c1-11(14(20)16-9-5-2-6-10-16)15-12(17)7-3-4-8-13(18)19/h11H,2-10H2,1H3,(H,15,17)(H,18,19). The van der Waals surface area contributed by atoms with Crippen LogP contribution in [0.25, 0.3) is 0 Å². The summed E-state index contributed by atoms with van der Waals surface area (Å²) >= 11 is 0. The summed E-state index contributed by atoms with van der Waals surface area (Å²) in [5.41, 5.74) is 0. The van der Waals surface area contributed by atoms with E-state index in [4.69, 9.17) is 5.11 Å². The largest absolute Gasteiger partial charge is 0.481 e. The predicted octanol–water partition coefficient (Wildman–Crippen LogP) is 1.15. The van der Waals surface area contributed by atoms with Crippen molar-refractivity contribution in [1.82, 2.24) is 10.2 Å². The molecule has 0 aliphatic carbocycles. The molecule has 1 heterocycles. The molecule has 0 aromatic heterocycles. The molecule has 1 fully saturated rings. The van der Waals surface area contributed by atoms with Crippen molar-refractivity contribution in [3.05, 3.63) is 0 Å². The van der Waals surface area contributed by atoms with Crippen LogP contribution < -0.4 is 5.32 Å². The van der Waals surface area contributed by atoms with Crippen LogP contribution in [0.2, 0.25) is 0 Å². The molecule has 20 heavy (non-hydrogen) atoms. The number of piperidine rings is 1. The van der Waals surface area contributed by atoms with Crippen LogP contribution in [-0.2, 0) is 14.4 Å². The van der Waals surface area contributed by atoms with Crippen LogP contribution in [0.4, 0.5) is 0 Å². The number of nitrogens with one attached hydrogen (secondary N) is 1. The topological polar surface area (TPSA) is 86.7 Å². The van der Waals surface area contributed by atoms with Crippen LogP contribution in [0.3, 0.4) is 0 Å². The first kappa shape index (κ1) is 16.5. The molecule has 114 valence electrons. The van der Waals surface area contributed by atoms with Crippen molar-refractivity contribution in [3.63, 3.8) is 0 Å². The van der Waals surface area contributed by atoms with Gasteiger partial charge in [-0.25, -0.2) is 0 Å². The summed E-state index contributed by atoms with van der Waals surface area (Å²) < 4.78 is 0. The van der Waals surface area contributed by atoms with Gasteiger partial charge in [0.25, 0.3) is 0 Å². The number of carboxylic acids is 1. The molecule has 1 rings (SSSR count). The molecule has 6 nitrogen and oxygen atoms in total. The number of carbonyl (C=O) groups excluding carboxylic acids is 2. The number of carboxylic acid groups (broad SMARTS) is 1. The highest BCUT2D eigenvalue weighted by Gasteiger charge is 2.23. The van der Waals surface area contributed by atoms with Crippen LogP contribution in [0.5, 0.6) is 0 Å². The van der Waals surface area contributed by atoms with E-state index in [2.05, 4.69) is 5.32 Å². The molecule has 1 unspecified atom stereocenters. The molecule has 1 saturated heterocycles. The minimum atomic E-state index is -0.848. The number of hydrogen-bond donors (Lipinski definition) is 2. The molecule has 1 atom stereocenters. The van der Waals surface area contributed by atoms with Crippen molar-refractivity contribution in [2.75, 3.05) is 13.1 Å². The Morgan fingerprint density at radius 1 is 1.10 bits per heavy atom. The first-order chi connectivity index (χ1) is 9.50. The Morgan fingerprint density at radius 3 is 2.30 bits per heavy atom. The number of likely N-dealkylation sites (tertiary alicyclic amines) is 1. The average Bonchev–Trinajstić information content (AvgIpc) is 2.43. The molecule has 2 N–H and O–H groups in total. The van der Waals surface area contributed by atoms with Crippen molar-refractivity contribution in [3.8, 4) is 0 Å². The number of amides is 2. The van der Waals surface area contributed by atoms with Crippen LogP contribution >= 0.6 is 0 Å². The lowest BCUT2D eigenvalue weighted by Gasteiger charge is -2.29. The minimum Gasteiger partial charge on any atom is -0.481 e. The molecular formula is C14H24N2O4. The molecule has 2 amide bonds. The van der Waals surface area contributed by atoms with E-state index in [1.807, 2.05) is 0 Å². The Labute approximate surface area is 119 Å². The third-order valence-corrected chi connectivity index (χ3v) is 3.46. The number of unbranched alkanes of at least 4 members (excludes halogenated alkanes) is 1. The quantitative estimate of drug-likeness (QED) is 0.687. The van der Waals surface area contributed by atoms with E-state index in [0.717, 1.165) is 32.4 Å². The highest BCUT2D eigenvalue weighted by atomic mass is 16.4. The fourth-order valence-electron chi connectivity index (χ4n) is 2.33. The number of carbonyl (C=O) groups is 3. The van der Waals surface area contributed by atoms with E-state index < -0.39 is 12.0 Å². The van der Waals surface area contributed by atoms with Crippen molar-refractivity contribution >= 4 is 17.8 Å². The van der Waals surface area contributed by atoms with Gasteiger partial charge in [-0.3, -0.25) is 14.4 Å². The fraction of sp³-hybridized carbons (Fsp3) is 0.786. The van der Waals surface area contributed by atoms with Gasteiger partial charge < -0.3 is 15.3 Å². The average molecular weight is 284 g/mol. The van der Waals surface area contributed by atoms with Crippen molar-refractivity contribution in [2.45, 2.75) is 57.9 Å². The molecule has 0 spiro atoms. The van der Waals surface area contributed by atoms with E-state index in [9.17, 15) is 14.4 Å². The Hall–Kier alpha value is -1.59. The van der Waals surface area contributed by atoms with Gasteiger partial charge >= 0.3 is 5.97 Å². The Kier molecular flexibility index (Phi) is 7.04. The van der Waals surface area contributed by atoms with Gasteiger partial charge in [0.15, 0.2) is 0 Å². The van der Waals surface area contributed by atoms with Gasteiger partial charge in [0, 0.05) is 25.9 Å².